The monoisotopic (exact) mass is 301 g/mol. The van der Waals surface area contributed by atoms with E-state index in [4.69, 9.17) is 14.2 Å². The Morgan fingerprint density at radius 2 is 1.68 bits per heavy atom. The number of anilines is 1. The molecule has 0 aliphatic rings. The summed E-state index contributed by atoms with van der Waals surface area (Å²) in [5.74, 6) is 2.54. The Hall–Kier alpha value is -2.36. The van der Waals surface area contributed by atoms with Gasteiger partial charge in [0, 0.05) is 12.6 Å². The first kappa shape index (κ1) is 16.0. The van der Waals surface area contributed by atoms with Crippen molar-refractivity contribution in [1.82, 2.24) is 0 Å². The quantitative estimate of drug-likeness (QED) is 0.745. The van der Waals surface area contributed by atoms with Gasteiger partial charge < -0.3 is 19.1 Å². The van der Waals surface area contributed by atoms with E-state index < -0.39 is 0 Å². The first-order valence-electron chi connectivity index (χ1n) is 7.43. The first-order chi connectivity index (χ1) is 10.8. The highest BCUT2D eigenvalue weighted by Crippen LogP contribution is 2.32. The third kappa shape index (κ3) is 4.07. The minimum absolute atomic E-state index is 0.609. The van der Waals surface area contributed by atoms with Crippen LogP contribution in [-0.4, -0.2) is 33.9 Å². The summed E-state index contributed by atoms with van der Waals surface area (Å²) in [5.41, 5.74) is 1.01. The molecule has 0 atom stereocenters. The predicted octanol–water partition coefficient (Wildman–Crippen LogP) is 3.61. The molecule has 2 rings (SSSR count). The molecule has 2 aromatic rings. The van der Waals surface area contributed by atoms with Crippen molar-refractivity contribution in [2.45, 2.75) is 6.92 Å². The van der Waals surface area contributed by atoms with Gasteiger partial charge in [0.05, 0.1) is 26.5 Å². The van der Waals surface area contributed by atoms with Crippen LogP contribution in [0.2, 0.25) is 0 Å². The van der Waals surface area contributed by atoms with Gasteiger partial charge in [-0.2, -0.15) is 0 Å². The maximum absolute atomic E-state index is 5.78. The predicted molar refractivity (Wildman–Crippen MR) is 89.4 cm³/mol. The van der Waals surface area contributed by atoms with Crippen LogP contribution in [-0.2, 0) is 0 Å². The van der Waals surface area contributed by atoms with Gasteiger partial charge in [0.25, 0.3) is 0 Å². The molecule has 0 radical (unpaired) electrons. The third-order valence-corrected chi connectivity index (χ3v) is 3.48. The summed E-state index contributed by atoms with van der Waals surface area (Å²) >= 11 is 0. The summed E-state index contributed by atoms with van der Waals surface area (Å²) in [7, 11) is 3.35. The zero-order valence-corrected chi connectivity index (χ0v) is 13.4. The molecule has 0 amide bonds. The molecule has 4 nitrogen and oxygen atoms in total. The molecule has 0 saturated heterocycles. The van der Waals surface area contributed by atoms with Gasteiger partial charge in [-0.15, -0.1) is 0 Å². The lowest BCUT2D eigenvalue weighted by Crippen LogP contribution is -2.28. The topological polar surface area (TPSA) is 30.9 Å². The van der Waals surface area contributed by atoms with E-state index in [1.807, 2.05) is 48.5 Å². The molecule has 0 N–H and O–H groups in total. The first-order valence-corrected chi connectivity index (χ1v) is 7.43. The zero-order chi connectivity index (χ0) is 15.8. The van der Waals surface area contributed by atoms with Crippen LogP contribution in [0.4, 0.5) is 5.69 Å². The number of rotatable bonds is 8. The van der Waals surface area contributed by atoms with Crippen LogP contribution in [0.3, 0.4) is 0 Å². The lowest BCUT2D eigenvalue weighted by Gasteiger charge is -2.25. The van der Waals surface area contributed by atoms with Gasteiger partial charge in [0.1, 0.15) is 23.9 Å². The van der Waals surface area contributed by atoms with Crippen molar-refractivity contribution in [3.8, 4) is 17.2 Å². The van der Waals surface area contributed by atoms with E-state index >= 15 is 0 Å². The van der Waals surface area contributed by atoms with Crippen LogP contribution in [0.5, 0.6) is 17.2 Å². The second-order valence-corrected chi connectivity index (χ2v) is 4.78. The fourth-order valence-electron chi connectivity index (χ4n) is 2.28. The van der Waals surface area contributed by atoms with Gasteiger partial charge >= 0.3 is 0 Å². The van der Waals surface area contributed by atoms with Crippen LogP contribution < -0.4 is 19.1 Å². The standard InChI is InChI=1S/C18H23NO3/c1-4-19(12-13-22-15-8-6-5-7-9-15)17-14-16(20-2)10-11-18(17)21-3/h5-11,14H,4,12-13H2,1-3H3. The molecule has 22 heavy (non-hydrogen) atoms. The number of nitrogens with zero attached hydrogens (tertiary/aromatic N) is 1. The average molecular weight is 301 g/mol. The Bertz CT molecular complexity index is 572. The lowest BCUT2D eigenvalue weighted by molar-refractivity contribution is 0.323. The van der Waals surface area contributed by atoms with Crippen LogP contribution in [0.15, 0.2) is 48.5 Å². The second-order valence-electron chi connectivity index (χ2n) is 4.78. The highest BCUT2D eigenvalue weighted by Gasteiger charge is 2.12. The number of hydrogen-bond donors (Lipinski definition) is 0. The van der Waals surface area contributed by atoms with Crippen molar-refractivity contribution in [3.63, 3.8) is 0 Å². The molecule has 4 heteroatoms. The zero-order valence-electron chi connectivity index (χ0n) is 13.4. The molecular formula is C18H23NO3. The molecule has 0 unspecified atom stereocenters. The minimum atomic E-state index is 0.609. The van der Waals surface area contributed by atoms with Gasteiger partial charge in [-0.25, -0.2) is 0 Å². The molecule has 0 saturated carbocycles. The summed E-state index contributed by atoms with van der Waals surface area (Å²) in [6, 6.07) is 15.7. The largest absolute Gasteiger partial charge is 0.497 e. The van der Waals surface area contributed by atoms with Gasteiger partial charge in [0.15, 0.2) is 0 Å². The molecule has 0 bridgehead atoms. The normalized spacial score (nSPS) is 10.1. The Balaban J connectivity index is 2.04. The Labute approximate surface area is 132 Å². The van der Waals surface area contributed by atoms with Gasteiger partial charge in [-0.3, -0.25) is 0 Å². The van der Waals surface area contributed by atoms with E-state index in [2.05, 4.69) is 11.8 Å². The number of hydrogen-bond acceptors (Lipinski definition) is 4. The fourth-order valence-corrected chi connectivity index (χ4v) is 2.28. The average Bonchev–Trinajstić information content (AvgIpc) is 2.59. The summed E-state index contributed by atoms with van der Waals surface area (Å²) in [4.78, 5) is 2.21. The molecule has 0 fully saturated rings. The van der Waals surface area contributed by atoms with Crippen molar-refractivity contribution in [2.24, 2.45) is 0 Å². The van der Waals surface area contributed by atoms with Gasteiger partial charge in [0.2, 0.25) is 0 Å². The van der Waals surface area contributed by atoms with E-state index in [0.717, 1.165) is 36.0 Å². The SMILES string of the molecule is CCN(CCOc1ccccc1)c1cc(OC)ccc1OC. The van der Waals surface area contributed by atoms with Crippen molar-refractivity contribution in [3.05, 3.63) is 48.5 Å². The second kappa shape index (κ2) is 8.17. The van der Waals surface area contributed by atoms with E-state index in [-0.39, 0.29) is 0 Å². The Morgan fingerprint density at radius 1 is 0.909 bits per heavy atom. The van der Waals surface area contributed by atoms with E-state index in [1.165, 1.54) is 0 Å². The van der Waals surface area contributed by atoms with Crippen molar-refractivity contribution in [1.29, 1.82) is 0 Å². The maximum Gasteiger partial charge on any atom is 0.142 e. The molecule has 0 heterocycles. The fraction of sp³-hybridized carbons (Fsp3) is 0.333. The summed E-state index contributed by atoms with van der Waals surface area (Å²) in [6.45, 7) is 4.36. The minimum Gasteiger partial charge on any atom is -0.497 e. The molecule has 0 aromatic heterocycles. The molecule has 0 aliphatic heterocycles. The molecule has 0 aliphatic carbocycles. The van der Waals surface area contributed by atoms with Crippen molar-refractivity contribution >= 4 is 5.69 Å². The molecule has 2 aromatic carbocycles. The van der Waals surface area contributed by atoms with Crippen LogP contribution in [0.1, 0.15) is 6.92 Å². The number of benzene rings is 2. The highest BCUT2D eigenvalue weighted by molar-refractivity contribution is 5.61. The molecule has 118 valence electrons. The summed E-state index contributed by atoms with van der Waals surface area (Å²) in [6.07, 6.45) is 0. The maximum atomic E-state index is 5.78. The molecular weight excluding hydrogens is 278 g/mol. The number of likely N-dealkylation sites (N-methyl/N-ethyl adjacent to an activating group) is 1. The van der Waals surface area contributed by atoms with E-state index in [0.29, 0.717) is 6.61 Å². The highest BCUT2D eigenvalue weighted by atomic mass is 16.5. The Kier molecular flexibility index (Phi) is 5.95. The number of methoxy groups -OCH3 is 2. The van der Waals surface area contributed by atoms with E-state index in [9.17, 15) is 0 Å². The van der Waals surface area contributed by atoms with Crippen LogP contribution >= 0.6 is 0 Å². The number of para-hydroxylation sites is 1. The van der Waals surface area contributed by atoms with Gasteiger partial charge in [-0.1, -0.05) is 18.2 Å². The smallest absolute Gasteiger partial charge is 0.142 e. The van der Waals surface area contributed by atoms with Crippen LogP contribution in [0.25, 0.3) is 0 Å². The van der Waals surface area contributed by atoms with Crippen LogP contribution in [0, 0.1) is 0 Å². The summed E-state index contributed by atoms with van der Waals surface area (Å²) < 4.78 is 16.5. The van der Waals surface area contributed by atoms with Gasteiger partial charge in [-0.05, 0) is 31.2 Å². The molecule has 0 spiro atoms. The van der Waals surface area contributed by atoms with Crippen molar-refractivity contribution < 1.29 is 14.2 Å². The Morgan fingerprint density at radius 3 is 2.32 bits per heavy atom. The summed E-state index contributed by atoms with van der Waals surface area (Å²) in [5, 5.41) is 0. The van der Waals surface area contributed by atoms with Crippen molar-refractivity contribution in [2.75, 3.05) is 38.8 Å². The number of ether oxygens (including phenoxy) is 3. The third-order valence-electron chi connectivity index (χ3n) is 3.48. The van der Waals surface area contributed by atoms with E-state index in [1.54, 1.807) is 14.2 Å². The lowest BCUT2D eigenvalue weighted by atomic mass is 10.2.